The second-order valence-electron chi connectivity index (χ2n) is 4.83. The molecule has 1 fully saturated rings. The van der Waals surface area contributed by atoms with Crippen molar-refractivity contribution in [2.75, 3.05) is 7.05 Å². The van der Waals surface area contributed by atoms with Crippen LogP contribution < -0.4 is 0 Å². The van der Waals surface area contributed by atoms with Crippen LogP contribution in [0.5, 0.6) is 0 Å². The number of hydrogen-bond donors (Lipinski definition) is 0. The van der Waals surface area contributed by atoms with E-state index in [9.17, 15) is 10.1 Å². The molecule has 1 amide bonds. The first kappa shape index (κ1) is 12.7. The van der Waals surface area contributed by atoms with Crippen molar-refractivity contribution in [1.82, 2.24) is 4.90 Å². The molecule has 2 rings (SSSR count). The topological polar surface area (TPSA) is 57.2 Å². The minimum Gasteiger partial charge on any atom is -0.466 e. The van der Waals surface area contributed by atoms with Gasteiger partial charge < -0.3 is 9.32 Å². The summed E-state index contributed by atoms with van der Waals surface area (Å²) in [7, 11) is 1.69. The Balaban J connectivity index is 2.07. The standard InChI is InChI=1S/C14H18N2O2/c1-16(12(10-15)13-8-5-9-18-13)14(17)11-6-3-2-4-7-11/h5,8-9,11-12H,2-4,6-7H2,1H3. The summed E-state index contributed by atoms with van der Waals surface area (Å²) in [5.74, 6) is 0.677. The van der Waals surface area contributed by atoms with E-state index in [2.05, 4.69) is 6.07 Å². The van der Waals surface area contributed by atoms with E-state index in [1.54, 1.807) is 19.2 Å². The molecule has 0 N–H and O–H groups in total. The van der Waals surface area contributed by atoms with Crippen LogP contribution in [0.25, 0.3) is 0 Å². The van der Waals surface area contributed by atoms with Crippen molar-refractivity contribution in [3.8, 4) is 6.07 Å². The SMILES string of the molecule is CN(C(=O)C1CCCCC1)C(C#N)c1ccco1. The number of furan rings is 1. The molecule has 4 heteroatoms. The maximum Gasteiger partial charge on any atom is 0.226 e. The van der Waals surface area contributed by atoms with Gasteiger partial charge >= 0.3 is 0 Å². The zero-order chi connectivity index (χ0) is 13.0. The highest BCUT2D eigenvalue weighted by Crippen LogP contribution is 2.28. The van der Waals surface area contributed by atoms with Crippen molar-refractivity contribution in [2.24, 2.45) is 5.92 Å². The van der Waals surface area contributed by atoms with E-state index in [4.69, 9.17) is 4.42 Å². The lowest BCUT2D eigenvalue weighted by Gasteiger charge is -2.28. The third-order valence-electron chi connectivity index (χ3n) is 3.62. The van der Waals surface area contributed by atoms with Crippen LogP contribution in [0.1, 0.15) is 43.9 Å². The second-order valence-corrected chi connectivity index (χ2v) is 4.83. The van der Waals surface area contributed by atoms with Gasteiger partial charge in [0.1, 0.15) is 5.76 Å². The van der Waals surface area contributed by atoms with Crippen LogP contribution in [0.4, 0.5) is 0 Å². The molecule has 1 aliphatic carbocycles. The largest absolute Gasteiger partial charge is 0.466 e. The van der Waals surface area contributed by atoms with E-state index >= 15 is 0 Å². The predicted octanol–water partition coefficient (Wildman–Crippen LogP) is 2.88. The summed E-state index contributed by atoms with van der Waals surface area (Å²) in [6, 6.07) is 4.99. The minimum absolute atomic E-state index is 0.0673. The van der Waals surface area contributed by atoms with Gasteiger partial charge in [0.25, 0.3) is 0 Å². The predicted molar refractivity (Wildman–Crippen MR) is 66.4 cm³/mol. The first-order valence-electron chi connectivity index (χ1n) is 6.43. The van der Waals surface area contributed by atoms with E-state index in [0.717, 1.165) is 25.7 Å². The molecule has 0 aromatic carbocycles. The summed E-state index contributed by atoms with van der Waals surface area (Å²) >= 11 is 0. The van der Waals surface area contributed by atoms with Crippen molar-refractivity contribution >= 4 is 5.91 Å². The minimum atomic E-state index is -0.616. The molecule has 1 aromatic heterocycles. The lowest BCUT2D eigenvalue weighted by Crippen LogP contribution is -2.36. The number of nitrogens with zero attached hydrogens (tertiary/aromatic N) is 2. The average molecular weight is 246 g/mol. The Morgan fingerprint density at radius 1 is 1.50 bits per heavy atom. The van der Waals surface area contributed by atoms with Crippen LogP contribution in [-0.4, -0.2) is 17.9 Å². The monoisotopic (exact) mass is 246 g/mol. The highest BCUT2D eigenvalue weighted by molar-refractivity contribution is 5.79. The van der Waals surface area contributed by atoms with Gasteiger partial charge in [0.05, 0.1) is 12.3 Å². The summed E-state index contributed by atoms with van der Waals surface area (Å²) in [5, 5.41) is 9.21. The fraction of sp³-hybridized carbons (Fsp3) is 0.571. The zero-order valence-corrected chi connectivity index (χ0v) is 10.6. The second kappa shape index (κ2) is 5.72. The molecule has 0 aliphatic heterocycles. The van der Waals surface area contributed by atoms with Gasteiger partial charge in [-0.2, -0.15) is 5.26 Å². The number of rotatable bonds is 3. The first-order chi connectivity index (χ1) is 8.74. The fourth-order valence-electron chi connectivity index (χ4n) is 2.55. The van der Waals surface area contributed by atoms with Gasteiger partial charge in [-0.05, 0) is 25.0 Å². The molecule has 96 valence electrons. The molecule has 0 bridgehead atoms. The zero-order valence-electron chi connectivity index (χ0n) is 10.6. The van der Waals surface area contributed by atoms with Gasteiger partial charge in [0.15, 0.2) is 6.04 Å². The molecule has 0 radical (unpaired) electrons. The van der Waals surface area contributed by atoms with Crippen molar-refractivity contribution in [2.45, 2.75) is 38.1 Å². The normalized spacial score (nSPS) is 18.0. The summed E-state index contributed by atoms with van der Waals surface area (Å²) < 4.78 is 5.23. The third kappa shape index (κ3) is 2.56. The molecule has 0 saturated heterocycles. The van der Waals surface area contributed by atoms with Gasteiger partial charge in [0, 0.05) is 13.0 Å². The van der Waals surface area contributed by atoms with E-state index in [1.807, 2.05) is 0 Å². The number of carbonyl (C=O) groups excluding carboxylic acids is 1. The van der Waals surface area contributed by atoms with E-state index in [0.29, 0.717) is 5.76 Å². The molecule has 0 spiro atoms. The number of hydrogen-bond acceptors (Lipinski definition) is 3. The molecular formula is C14H18N2O2. The number of carbonyl (C=O) groups is 1. The van der Waals surface area contributed by atoms with Crippen LogP contribution in [0.15, 0.2) is 22.8 Å². The lowest BCUT2D eigenvalue weighted by atomic mass is 9.88. The van der Waals surface area contributed by atoms with Crippen molar-refractivity contribution < 1.29 is 9.21 Å². The maximum atomic E-state index is 12.3. The van der Waals surface area contributed by atoms with Crippen LogP contribution in [-0.2, 0) is 4.79 Å². The van der Waals surface area contributed by atoms with E-state index in [1.165, 1.54) is 17.6 Å². The molecule has 1 heterocycles. The Labute approximate surface area is 107 Å². The molecule has 4 nitrogen and oxygen atoms in total. The van der Waals surface area contributed by atoms with Crippen LogP contribution in [0.3, 0.4) is 0 Å². The number of nitriles is 1. The summed E-state index contributed by atoms with van der Waals surface area (Å²) in [6.07, 6.45) is 6.86. The van der Waals surface area contributed by atoms with E-state index < -0.39 is 6.04 Å². The lowest BCUT2D eigenvalue weighted by molar-refractivity contribution is -0.136. The fourth-order valence-corrected chi connectivity index (χ4v) is 2.55. The Hall–Kier alpha value is -1.76. The van der Waals surface area contributed by atoms with Gasteiger partial charge in [-0.25, -0.2) is 0 Å². The van der Waals surface area contributed by atoms with Crippen molar-refractivity contribution in [1.29, 1.82) is 5.26 Å². The van der Waals surface area contributed by atoms with Gasteiger partial charge in [0.2, 0.25) is 5.91 Å². The van der Waals surface area contributed by atoms with Crippen LogP contribution in [0.2, 0.25) is 0 Å². The van der Waals surface area contributed by atoms with Crippen molar-refractivity contribution in [3.63, 3.8) is 0 Å². The van der Waals surface area contributed by atoms with Gasteiger partial charge in [-0.3, -0.25) is 4.79 Å². The highest BCUT2D eigenvalue weighted by atomic mass is 16.3. The Kier molecular flexibility index (Phi) is 4.03. The van der Waals surface area contributed by atoms with E-state index in [-0.39, 0.29) is 11.8 Å². The molecule has 1 aromatic rings. The van der Waals surface area contributed by atoms with Crippen molar-refractivity contribution in [3.05, 3.63) is 24.2 Å². The molecule has 1 saturated carbocycles. The third-order valence-corrected chi connectivity index (χ3v) is 3.62. The molecule has 1 aliphatic rings. The number of amides is 1. The smallest absolute Gasteiger partial charge is 0.226 e. The Morgan fingerprint density at radius 2 is 2.22 bits per heavy atom. The Bertz CT molecular complexity index is 427. The van der Waals surface area contributed by atoms with Crippen LogP contribution in [0, 0.1) is 17.2 Å². The summed E-state index contributed by atoms with van der Waals surface area (Å²) in [6.45, 7) is 0. The quantitative estimate of drug-likeness (QED) is 0.824. The van der Waals surface area contributed by atoms with Crippen LogP contribution >= 0.6 is 0 Å². The first-order valence-corrected chi connectivity index (χ1v) is 6.43. The summed E-state index contributed by atoms with van der Waals surface area (Å²) in [5.41, 5.74) is 0. The Morgan fingerprint density at radius 3 is 2.78 bits per heavy atom. The summed E-state index contributed by atoms with van der Waals surface area (Å²) in [4.78, 5) is 13.8. The molecular weight excluding hydrogens is 228 g/mol. The molecule has 1 unspecified atom stereocenters. The van der Waals surface area contributed by atoms with Gasteiger partial charge in [-0.15, -0.1) is 0 Å². The average Bonchev–Trinajstić information content (AvgIpc) is 2.93. The highest BCUT2D eigenvalue weighted by Gasteiger charge is 2.29. The molecule has 1 atom stereocenters. The van der Waals surface area contributed by atoms with Gasteiger partial charge in [-0.1, -0.05) is 19.3 Å². The maximum absolute atomic E-state index is 12.3. The molecule has 18 heavy (non-hydrogen) atoms.